The van der Waals surface area contributed by atoms with Gasteiger partial charge in [0.15, 0.2) is 0 Å². The second kappa shape index (κ2) is 4.23. The van der Waals surface area contributed by atoms with Crippen LogP contribution in [-0.2, 0) is 14.1 Å². The van der Waals surface area contributed by atoms with Crippen molar-refractivity contribution in [3.8, 4) is 0 Å². The van der Waals surface area contributed by atoms with Crippen LogP contribution in [0.15, 0.2) is 0 Å². The normalized spacial score (nSPS) is 12.2. The highest BCUT2D eigenvalue weighted by atomic mass is 31.0. The quantitative estimate of drug-likeness (QED) is 0.614. The van der Waals surface area contributed by atoms with E-state index in [2.05, 4.69) is 4.52 Å². The molecule has 0 saturated heterocycles. The van der Waals surface area contributed by atoms with Crippen molar-refractivity contribution in [1.29, 1.82) is 0 Å². The van der Waals surface area contributed by atoms with Gasteiger partial charge in [0.05, 0.1) is 21.8 Å². The van der Waals surface area contributed by atoms with Gasteiger partial charge in [0.25, 0.3) is 0 Å². The van der Waals surface area contributed by atoms with E-state index in [0.29, 0.717) is 0 Å². The summed E-state index contributed by atoms with van der Waals surface area (Å²) < 4.78 is 4.19. The molecule has 0 rings (SSSR count). The summed E-state index contributed by atoms with van der Waals surface area (Å²) in [6, 6.07) is 0. The summed E-state index contributed by atoms with van der Waals surface area (Å²) in [6.45, 7) is 1.45. The molecule has 0 fully saturated rings. The van der Waals surface area contributed by atoms with E-state index in [1.165, 1.54) is 6.92 Å². The zero-order valence-electron chi connectivity index (χ0n) is 5.53. The molecule has 0 spiro atoms. The van der Waals surface area contributed by atoms with Crippen molar-refractivity contribution in [2.24, 2.45) is 5.92 Å². The van der Waals surface area contributed by atoms with Crippen molar-refractivity contribution in [2.75, 3.05) is 0 Å². The monoisotopic (exact) mass is 164 g/mol. The first kappa shape index (κ1) is 9.37. The Balaban J connectivity index is 3.68. The fourth-order valence-electron chi connectivity index (χ4n) is 0.385. The van der Waals surface area contributed by atoms with Gasteiger partial charge in [-0.1, -0.05) is 6.92 Å². The molecule has 5 heteroatoms. The predicted octanol–water partition coefficient (Wildman–Crippen LogP) is 0.430. The number of hydrogen-bond donors (Lipinski definition) is 1. The molecule has 0 aliphatic heterocycles. The minimum atomic E-state index is -0.990. The average Bonchev–Trinajstić information content (AvgIpc) is 1.87. The Morgan fingerprint density at radius 2 is 2.20 bits per heavy atom. The Kier molecular flexibility index (Phi) is 3.96. The predicted molar refractivity (Wildman–Crippen MR) is 37.2 cm³/mol. The fourth-order valence-corrected chi connectivity index (χ4v) is 0.482. The highest BCUT2D eigenvalue weighted by Crippen LogP contribution is 2.04. The van der Waals surface area contributed by atoms with Gasteiger partial charge >= 0.3 is 11.9 Å². The number of carboxylic acid groups (broad SMARTS) is 1. The van der Waals surface area contributed by atoms with E-state index in [0.717, 1.165) is 0 Å². The highest BCUT2D eigenvalue weighted by Gasteiger charge is 2.15. The molecule has 0 saturated carbocycles. The second-order valence-electron chi connectivity index (χ2n) is 1.93. The number of hydrogen-bond acceptors (Lipinski definition) is 3. The van der Waals surface area contributed by atoms with Gasteiger partial charge in [-0.05, 0) is 0 Å². The van der Waals surface area contributed by atoms with E-state index < -0.39 is 17.9 Å². The van der Waals surface area contributed by atoms with Crippen LogP contribution in [0.3, 0.4) is 0 Å². The second-order valence-corrected chi connectivity index (χ2v) is 2.17. The van der Waals surface area contributed by atoms with Crippen LogP contribution < -0.4 is 0 Å². The van der Waals surface area contributed by atoms with Gasteiger partial charge in [-0.25, -0.2) is 0 Å². The van der Waals surface area contributed by atoms with Gasteiger partial charge in [0.2, 0.25) is 0 Å². The molecular weight excluding hydrogens is 155 g/mol. The van der Waals surface area contributed by atoms with Crippen LogP contribution in [-0.4, -0.2) is 17.0 Å². The van der Waals surface area contributed by atoms with E-state index in [1.54, 1.807) is 9.47 Å². The van der Waals surface area contributed by atoms with Crippen LogP contribution >= 0.6 is 9.47 Å². The van der Waals surface area contributed by atoms with Crippen LogP contribution in [0.25, 0.3) is 0 Å². The van der Waals surface area contributed by atoms with Crippen molar-refractivity contribution < 1.29 is 19.2 Å². The van der Waals surface area contributed by atoms with E-state index in [1.807, 2.05) is 0 Å². The summed E-state index contributed by atoms with van der Waals surface area (Å²) >= 11 is 0. The highest BCUT2D eigenvalue weighted by molar-refractivity contribution is 7.10. The molecule has 0 aromatic rings. The average molecular weight is 164 g/mol. The molecule has 1 N–H and O–H groups in total. The number of carbonyl (C=O) groups is 2. The first-order valence-electron chi connectivity index (χ1n) is 2.70. The third-order valence-electron chi connectivity index (χ3n) is 1.03. The molecule has 0 aromatic heterocycles. The lowest BCUT2D eigenvalue weighted by molar-refractivity contribution is -0.146. The van der Waals surface area contributed by atoms with Crippen LogP contribution in [0.2, 0.25) is 0 Å². The zero-order chi connectivity index (χ0) is 8.15. The molecule has 0 aliphatic carbocycles. The van der Waals surface area contributed by atoms with Crippen molar-refractivity contribution in [3.05, 3.63) is 0 Å². The molecule has 10 heavy (non-hydrogen) atoms. The summed E-state index contributed by atoms with van der Waals surface area (Å²) in [5, 5.41) is 8.31. The first-order chi connectivity index (χ1) is 4.57. The van der Waals surface area contributed by atoms with Crippen molar-refractivity contribution in [1.82, 2.24) is 0 Å². The molecule has 0 radical (unpaired) electrons. The maximum Gasteiger partial charge on any atom is 0.308 e. The van der Waals surface area contributed by atoms with Gasteiger partial charge in [0, 0.05) is 0 Å². The van der Waals surface area contributed by atoms with Gasteiger partial charge in [0.1, 0.15) is 0 Å². The Morgan fingerprint density at radius 3 is 2.50 bits per heavy atom. The summed E-state index contributed by atoms with van der Waals surface area (Å²) in [5.74, 6) is -2.19. The third kappa shape index (κ3) is 3.41. The van der Waals surface area contributed by atoms with Gasteiger partial charge in [-0.15, -0.1) is 0 Å². The lowest BCUT2D eigenvalue weighted by Crippen LogP contribution is -2.14. The molecular formula is C5H9O4P. The largest absolute Gasteiger partial charge is 0.481 e. The molecule has 0 amide bonds. The van der Waals surface area contributed by atoms with Crippen LogP contribution in [0.5, 0.6) is 0 Å². The molecule has 1 unspecified atom stereocenters. The number of carboxylic acids is 1. The van der Waals surface area contributed by atoms with E-state index in [-0.39, 0.29) is 6.42 Å². The Labute approximate surface area is 60.8 Å². The van der Waals surface area contributed by atoms with Crippen molar-refractivity contribution >= 4 is 21.4 Å². The third-order valence-corrected chi connectivity index (χ3v) is 1.29. The lowest BCUT2D eigenvalue weighted by atomic mass is 10.1. The smallest absolute Gasteiger partial charge is 0.308 e. The van der Waals surface area contributed by atoms with E-state index in [9.17, 15) is 9.59 Å². The lowest BCUT2D eigenvalue weighted by Gasteiger charge is -2.01. The number of rotatable bonds is 3. The molecule has 0 aliphatic rings. The standard InChI is InChI=1S/C5H9O4P/c1-3(5(7)8)2-4(6)9-10/h3H,2,10H2,1H3,(H,7,8)/t3-/m1/s1. The first-order valence-corrected chi connectivity index (χ1v) is 3.17. The van der Waals surface area contributed by atoms with Crippen molar-refractivity contribution in [2.45, 2.75) is 13.3 Å². The van der Waals surface area contributed by atoms with Crippen LogP contribution in [0.4, 0.5) is 0 Å². The Hall–Kier alpha value is -0.630. The van der Waals surface area contributed by atoms with Gasteiger partial charge in [-0.2, -0.15) is 0 Å². The summed E-state index contributed by atoms with van der Waals surface area (Å²) in [4.78, 5) is 20.6. The van der Waals surface area contributed by atoms with Crippen LogP contribution in [0.1, 0.15) is 13.3 Å². The molecule has 4 nitrogen and oxygen atoms in total. The van der Waals surface area contributed by atoms with Crippen molar-refractivity contribution in [3.63, 3.8) is 0 Å². The minimum Gasteiger partial charge on any atom is -0.481 e. The summed E-state index contributed by atoms with van der Waals surface area (Å²) in [7, 11) is 1.77. The number of carbonyl (C=O) groups excluding carboxylic acids is 1. The van der Waals surface area contributed by atoms with Gasteiger partial charge < -0.3 is 9.63 Å². The minimum absolute atomic E-state index is 0.0845. The van der Waals surface area contributed by atoms with Crippen LogP contribution in [0, 0.1) is 5.92 Å². The molecule has 2 atom stereocenters. The maximum absolute atomic E-state index is 10.4. The van der Waals surface area contributed by atoms with E-state index >= 15 is 0 Å². The summed E-state index contributed by atoms with van der Waals surface area (Å²) in [6.07, 6.45) is -0.0845. The Bertz CT molecular complexity index is 145. The maximum atomic E-state index is 10.4. The molecule has 58 valence electrons. The number of aliphatic carboxylic acids is 1. The Morgan fingerprint density at radius 1 is 1.70 bits per heavy atom. The van der Waals surface area contributed by atoms with E-state index in [4.69, 9.17) is 5.11 Å². The topological polar surface area (TPSA) is 63.6 Å². The molecule has 0 aromatic carbocycles. The zero-order valence-corrected chi connectivity index (χ0v) is 6.69. The SMILES string of the molecule is C[C@H](CC(=O)OP)C(=O)O. The van der Waals surface area contributed by atoms with Gasteiger partial charge in [-0.3, -0.25) is 9.59 Å². The molecule has 0 bridgehead atoms. The fraction of sp³-hybridized carbons (Fsp3) is 0.600. The summed E-state index contributed by atoms with van der Waals surface area (Å²) in [5.41, 5.74) is 0. The molecule has 0 heterocycles.